The van der Waals surface area contributed by atoms with Crippen LogP contribution in [0.2, 0.25) is 0 Å². The molecule has 15 heavy (non-hydrogen) atoms. The second-order valence-electron chi connectivity index (χ2n) is 3.19. The highest BCUT2D eigenvalue weighted by atomic mass is 32.1. The average molecular weight is 214 g/mol. The molecule has 3 heteroatoms. The zero-order valence-electron chi connectivity index (χ0n) is 8.40. The number of rotatable bonds is 2. The molecule has 74 valence electrons. The van der Waals surface area contributed by atoms with Gasteiger partial charge in [0.25, 0.3) is 0 Å². The normalized spacial score (nSPS) is 9.87. The van der Waals surface area contributed by atoms with Crippen LogP contribution in [0.5, 0.6) is 0 Å². The van der Waals surface area contributed by atoms with Crippen molar-refractivity contribution in [2.75, 3.05) is 0 Å². The van der Waals surface area contributed by atoms with Crippen LogP contribution in [0.15, 0.2) is 29.8 Å². The van der Waals surface area contributed by atoms with Gasteiger partial charge >= 0.3 is 0 Å². The van der Waals surface area contributed by atoms with Crippen molar-refractivity contribution in [1.82, 2.24) is 4.98 Å². The van der Waals surface area contributed by atoms with Crippen LogP contribution in [0.1, 0.15) is 17.4 Å². The van der Waals surface area contributed by atoms with E-state index >= 15 is 0 Å². The van der Waals surface area contributed by atoms with Crippen LogP contribution in [-0.4, -0.2) is 4.98 Å². The predicted octanol–water partition coefficient (Wildman–Crippen LogP) is 3.24. The topological polar surface area (TPSA) is 36.7 Å². The Kier molecular flexibility index (Phi) is 2.79. The third kappa shape index (κ3) is 1.90. The largest absolute Gasteiger partial charge is 0.243 e. The van der Waals surface area contributed by atoms with E-state index in [9.17, 15) is 0 Å². The number of nitriles is 1. The van der Waals surface area contributed by atoms with Crippen LogP contribution in [0.4, 0.5) is 0 Å². The van der Waals surface area contributed by atoms with Crippen LogP contribution in [0, 0.1) is 11.3 Å². The van der Waals surface area contributed by atoms with E-state index in [-0.39, 0.29) is 0 Å². The van der Waals surface area contributed by atoms with Crippen molar-refractivity contribution in [3.63, 3.8) is 0 Å². The van der Waals surface area contributed by atoms with Gasteiger partial charge in [0.1, 0.15) is 10.9 Å². The molecule has 0 atom stereocenters. The zero-order chi connectivity index (χ0) is 10.7. The fourth-order valence-corrected chi connectivity index (χ4v) is 2.03. The smallest absolute Gasteiger partial charge is 0.132 e. The fraction of sp³-hybridized carbons (Fsp3) is 0.167. The molecular weight excluding hydrogens is 204 g/mol. The molecule has 2 nitrogen and oxygen atoms in total. The van der Waals surface area contributed by atoms with Crippen molar-refractivity contribution in [2.45, 2.75) is 13.3 Å². The zero-order valence-corrected chi connectivity index (χ0v) is 9.21. The molecule has 0 saturated carbocycles. The highest BCUT2D eigenvalue weighted by molar-refractivity contribution is 7.10. The molecule has 0 bridgehead atoms. The summed E-state index contributed by atoms with van der Waals surface area (Å²) in [5, 5.41) is 8.89. The van der Waals surface area contributed by atoms with Gasteiger partial charge in [-0.3, -0.25) is 0 Å². The highest BCUT2D eigenvalue weighted by Crippen LogP contribution is 2.24. The number of benzene rings is 1. The Morgan fingerprint density at radius 2 is 2.07 bits per heavy atom. The molecule has 1 aromatic heterocycles. The van der Waals surface area contributed by atoms with Crippen LogP contribution in [0.3, 0.4) is 0 Å². The van der Waals surface area contributed by atoms with Crippen molar-refractivity contribution in [1.29, 1.82) is 5.26 Å². The first-order valence-corrected chi connectivity index (χ1v) is 5.66. The molecule has 0 N–H and O–H groups in total. The summed E-state index contributed by atoms with van der Waals surface area (Å²) < 4.78 is 0. The predicted molar refractivity (Wildman–Crippen MR) is 61.6 cm³/mol. The van der Waals surface area contributed by atoms with E-state index in [1.807, 2.05) is 12.1 Å². The number of aromatic nitrogens is 1. The summed E-state index contributed by atoms with van der Waals surface area (Å²) in [6.45, 7) is 2.12. The second-order valence-corrected chi connectivity index (χ2v) is 4.05. The van der Waals surface area contributed by atoms with Crippen molar-refractivity contribution < 1.29 is 0 Å². The van der Waals surface area contributed by atoms with E-state index in [4.69, 9.17) is 5.26 Å². The molecule has 2 aromatic rings. The van der Waals surface area contributed by atoms with E-state index in [2.05, 4.69) is 30.1 Å². The molecule has 0 radical (unpaired) electrons. The number of hydrogen-bond acceptors (Lipinski definition) is 3. The van der Waals surface area contributed by atoms with Gasteiger partial charge in [-0.25, -0.2) is 4.98 Å². The summed E-state index contributed by atoms with van der Waals surface area (Å²) in [5.41, 5.74) is 4.82. The molecule has 1 aromatic carbocycles. The van der Waals surface area contributed by atoms with Crippen molar-refractivity contribution in [2.24, 2.45) is 0 Å². The van der Waals surface area contributed by atoms with E-state index in [0.29, 0.717) is 4.88 Å². The Hall–Kier alpha value is -1.66. The summed E-state index contributed by atoms with van der Waals surface area (Å²) in [5.74, 6) is 0. The van der Waals surface area contributed by atoms with Crippen molar-refractivity contribution in [3.05, 3.63) is 40.2 Å². The second kappa shape index (κ2) is 4.24. The van der Waals surface area contributed by atoms with E-state index in [0.717, 1.165) is 17.7 Å². The third-order valence-corrected chi connectivity index (χ3v) is 3.04. The van der Waals surface area contributed by atoms with Crippen molar-refractivity contribution in [3.8, 4) is 17.3 Å². The minimum atomic E-state index is 0.680. The standard InChI is InChI=1S/C12H10N2S/c1-2-9-3-5-10(6-4-9)12-11(7-13)15-8-14-12/h3-6,8H,2H2,1H3. The molecule has 1 heterocycles. The summed E-state index contributed by atoms with van der Waals surface area (Å²) in [7, 11) is 0. The Labute approximate surface area is 92.8 Å². The molecule has 0 spiro atoms. The number of aryl methyl sites for hydroxylation is 1. The van der Waals surface area contributed by atoms with Gasteiger partial charge in [0.15, 0.2) is 0 Å². The Morgan fingerprint density at radius 3 is 2.67 bits per heavy atom. The van der Waals surface area contributed by atoms with E-state index < -0.39 is 0 Å². The molecular formula is C12H10N2S. The molecule has 0 aliphatic heterocycles. The maximum absolute atomic E-state index is 8.89. The average Bonchev–Trinajstić information content (AvgIpc) is 2.77. The molecule has 0 saturated heterocycles. The number of hydrogen-bond donors (Lipinski definition) is 0. The number of thiazole rings is 1. The monoisotopic (exact) mass is 214 g/mol. The minimum absolute atomic E-state index is 0.680. The summed E-state index contributed by atoms with van der Waals surface area (Å²) in [6, 6.07) is 10.4. The maximum Gasteiger partial charge on any atom is 0.132 e. The van der Waals surface area contributed by atoms with Crippen LogP contribution in [-0.2, 0) is 6.42 Å². The summed E-state index contributed by atoms with van der Waals surface area (Å²) in [4.78, 5) is 4.89. The lowest BCUT2D eigenvalue weighted by atomic mass is 10.1. The van der Waals surface area contributed by atoms with Gasteiger partial charge in [0.05, 0.1) is 11.2 Å². The van der Waals surface area contributed by atoms with Gasteiger partial charge in [-0.1, -0.05) is 31.2 Å². The van der Waals surface area contributed by atoms with Gasteiger partial charge in [-0.15, -0.1) is 11.3 Å². The first kappa shape index (κ1) is 9.88. The van der Waals surface area contributed by atoms with Gasteiger partial charge in [-0.2, -0.15) is 5.26 Å². The lowest BCUT2D eigenvalue weighted by molar-refractivity contribution is 1.14. The van der Waals surface area contributed by atoms with Gasteiger partial charge < -0.3 is 0 Å². The molecule has 0 unspecified atom stereocenters. The minimum Gasteiger partial charge on any atom is -0.243 e. The molecule has 0 aliphatic rings. The molecule has 0 fully saturated rings. The lowest BCUT2D eigenvalue weighted by Crippen LogP contribution is -1.83. The Balaban J connectivity index is 2.42. The molecule has 0 aliphatic carbocycles. The lowest BCUT2D eigenvalue weighted by Gasteiger charge is -1.99. The van der Waals surface area contributed by atoms with Crippen molar-refractivity contribution >= 4 is 11.3 Å². The first-order chi connectivity index (χ1) is 7.35. The van der Waals surface area contributed by atoms with Crippen LogP contribution in [0.25, 0.3) is 11.3 Å². The summed E-state index contributed by atoms with van der Waals surface area (Å²) in [6.07, 6.45) is 1.03. The molecule has 2 rings (SSSR count). The van der Waals surface area contributed by atoms with Gasteiger partial charge in [-0.05, 0) is 12.0 Å². The van der Waals surface area contributed by atoms with Crippen LogP contribution < -0.4 is 0 Å². The first-order valence-electron chi connectivity index (χ1n) is 4.78. The van der Waals surface area contributed by atoms with E-state index in [1.165, 1.54) is 16.9 Å². The maximum atomic E-state index is 8.89. The molecule has 0 amide bonds. The Bertz CT molecular complexity index is 491. The fourth-order valence-electron chi connectivity index (χ4n) is 1.43. The number of nitrogens with zero attached hydrogens (tertiary/aromatic N) is 2. The Morgan fingerprint density at radius 1 is 1.33 bits per heavy atom. The van der Waals surface area contributed by atoms with Crippen LogP contribution >= 0.6 is 11.3 Å². The van der Waals surface area contributed by atoms with E-state index in [1.54, 1.807) is 5.51 Å². The quantitative estimate of drug-likeness (QED) is 0.769. The summed E-state index contributed by atoms with van der Waals surface area (Å²) >= 11 is 1.38. The highest BCUT2D eigenvalue weighted by Gasteiger charge is 2.07. The van der Waals surface area contributed by atoms with Gasteiger partial charge in [0, 0.05) is 5.56 Å². The third-order valence-electron chi connectivity index (χ3n) is 2.30. The van der Waals surface area contributed by atoms with Gasteiger partial charge in [0.2, 0.25) is 0 Å². The SMILES string of the molecule is CCc1ccc(-c2ncsc2C#N)cc1.